The van der Waals surface area contributed by atoms with Gasteiger partial charge >= 0.3 is 12.1 Å². The molecule has 1 amide bonds. The second-order valence-electron chi connectivity index (χ2n) is 5.28. The van der Waals surface area contributed by atoms with Crippen LogP contribution in [0.1, 0.15) is 44.7 Å². The lowest BCUT2D eigenvalue weighted by Crippen LogP contribution is -2.33. The van der Waals surface area contributed by atoms with E-state index in [1.807, 2.05) is 0 Å². The molecule has 122 valence electrons. The molecule has 0 aromatic carbocycles. The highest BCUT2D eigenvalue weighted by atomic mass is 79.9. The van der Waals surface area contributed by atoms with Crippen molar-refractivity contribution in [2.75, 3.05) is 12.0 Å². The van der Waals surface area contributed by atoms with Gasteiger partial charge in [0.1, 0.15) is 16.6 Å². The van der Waals surface area contributed by atoms with E-state index in [0.29, 0.717) is 4.60 Å². The van der Waals surface area contributed by atoms with E-state index in [-0.39, 0.29) is 12.4 Å². The van der Waals surface area contributed by atoms with Gasteiger partial charge in [-0.05, 0) is 43.6 Å². The van der Waals surface area contributed by atoms with Crippen LogP contribution in [0.25, 0.3) is 0 Å². The van der Waals surface area contributed by atoms with Gasteiger partial charge in [-0.2, -0.15) is 0 Å². The van der Waals surface area contributed by atoms with Crippen molar-refractivity contribution in [1.82, 2.24) is 9.66 Å². The molecule has 0 spiro atoms. The van der Waals surface area contributed by atoms with Crippen LogP contribution in [0.15, 0.2) is 10.8 Å². The summed E-state index contributed by atoms with van der Waals surface area (Å²) in [4.78, 5) is 39.0. The number of imidazole rings is 1. The SMILES string of the molecule is CCOC(=O)CC(=O)c1nc(Br)cn1NC(=O)OC(C)(C)C. The first-order chi connectivity index (χ1) is 10.1. The average molecular weight is 376 g/mol. The number of ketones is 1. The van der Waals surface area contributed by atoms with E-state index in [0.717, 1.165) is 4.68 Å². The molecule has 0 unspecified atom stereocenters. The molecule has 22 heavy (non-hydrogen) atoms. The number of carbonyl (C=O) groups is 3. The Bertz CT molecular complexity index is 577. The molecule has 0 aliphatic rings. The highest BCUT2D eigenvalue weighted by Gasteiger charge is 2.22. The van der Waals surface area contributed by atoms with Gasteiger partial charge in [0.25, 0.3) is 0 Å². The van der Waals surface area contributed by atoms with Gasteiger partial charge in [-0.1, -0.05) is 0 Å². The van der Waals surface area contributed by atoms with Crippen molar-refractivity contribution in [2.45, 2.75) is 39.7 Å². The molecule has 0 radical (unpaired) electrons. The van der Waals surface area contributed by atoms with E-state index in [1.165, 1.54) is 6.20 Å². The highest BCUT2D eigenvalue weighted by Crippen LogP contribution is 2.12. The molecule has 1 aromatic heterocycles. The molecule has 0 bridgehead atoms. The molecule has 0 saturated carbocycles. The van der Waals surface area contributed by atoms with Crippen molar-refractivity contribution in [3.05, 3.63) is 16.6 Å². The van der Waals surface area contributed by atoms with E-state index in [9.17, 15) is 14.4 Å². The van der Waals surface area contributed by atoms with Crippen LogP contribution in [-0.2, 0) is 14.3 Å². The third kappa shape index (κ3) is 5.84. The topological polar surface area (TPSA) is 99.5 Å². The van der Waals surface area contributed by atoms with Crippen molar-refractivity contribution in [3.63, 3.8) is 0 Å². The van der Waals surface area contributed by atoms with Gasteiger partial charge < -0.3 is 9.47 Å². The van der Waals surface area contributed by atoms with E-state index in [1.54, 1.807) is 27.7 Å². The predicted octanol–water partition coefficient (Wildman–Crippen LogP) is 2.26. The number of Topliss-reactive ketones (excluding diaryl/α,β-unsaturated/α-hetero) is 1. The minimum Gasteiger partial charge on any atom is -0.466 e. The summed E-state index contributed by atoms with van der Waals surface area (Å²) in [6.45, 7) is 6.96. The van der Waals surface area contributed by atoms with Gasteiger partial charge in [-0.25, -0.2) is 19.9 Å². The number of nitrogens with one attached hydrogen (secondary N) is 1. The lowest BCUT2D eigenvalue weighted by Gasteiger charge is -2.20. The molecule has 1 rings (SSSR count). The first-order valence-corrected chi connectivity index (χ1v) is 7.35. The normalized spacial score (nSPS) is 11.0. The van der Waals surface area contributed by atoms with E-state index in [2.05, 4.69) is 26.3 Å². The van der Waals surface area contributed by atoms with Gasteiger partial charge in [-0.15, -0.1) is 0 Å². The Labute approximate surface area is 136 Å². The summed E-state index contributed by atoms with van der Waals surface area (Å²) in [7, 11) is 0. The quantitative estimate of drug-likeness (QED) is 0.481. The minimum absolute atomic E-state index is 0.106. The van der Waals surface area contributed by atoms with Gasteiger partial charge in [0, 0.05) is 0 Å². The summed E-state index contributed by atoms with van der Waals surface area (Å²) in [6.07, 6.45) is 0.165. The zero-order valence-electron chi connectivity index (χ0n) is 12.8. The second kappa shape index (κ2) is 7.39. The van der Waals surface area contributed by atoms with Gasteiger partial charge in [0.05, 0.1) is 12.8 Å². The van der Waals surface area contributed by atoms with Crippen LogP contribution in [0.5, 0.6) is 0 Å². The molecule has 1 N–H and O–H groups in total. The lowest BCUT2D eigenvalue weighted by atomic mass is 10.2. The number of ether oxygens (including phenoxy) is 2. The Morgan fingerprint density at radius 3 is 2.55 bits per heavy atom. The number of amides is 1. The molecule has 8 nitrogen and oxygen atoms in total. The van der Waals surface area contributed by atoms with Crippen molar-refractivity contribution < 1.29 is 23.9 Å². The summed E-state index contributed by atoms with van der Waals surface area (Å²) < 4.78 is 11.2. The molecule has 0 fully saturated rings. The van der Waals surface area contributed by atoms with E-state index < -0.39 is 29.9 Å². The van der Waals surface area contributed by atoms with E-state index in [4.69, 9.17) is 9.47 Å². The number of hydrogen-bond acceptors (Lipinski definition) is 6. The van der Waals surface area contributed by atoms with Crippen molar-refractivity contribution >= 4 is 33.8 Å². The summed E-state index contributed by atoms with van der Waals surface area (Å²) in [5.41, 5.74) is 1.68. The van der Waals surface area contributed by atoms with Crippen LogP contribution in [0.4, 0.5) is 4.79 Å². The fourth-order valence-electron chi connectivity index (χ4n) is 1.45. The maximum Gasteiger partial charge on any atom is 0.427 e. The van der Waals surface area contributed by atoms with Gasteiger partial charge in [0.15, 0.2) is 5.82 Å². The molecule has 0 atom stereocenters. The maximum absolute atomic E-state index is 12.0. The first kappa shape index (κ1) is 18.1. The fourth-order valence-corrected chi connectivity index (χ4v) is 1.83. The zero-order chi connectivity index (χ0) is 16.9. The standard InChI is InChI=1S/C13H18BrN3O5/c1-5-21-10(19)6-8(18)11-15-9(14)7-17(11)16-12(20)22-13(2,3)4/h7H,5-6H2,1-4H3,(H,16,20). The van der Waals surface area contributed by atoms with Crippen LogP contribution in [0.2, 0.25) is 0 Å². The third-order valence-electron chi connectivity index (χ3n) is 2.15. The summed E-state index contributed by atoms with van der Waals surface area (Å²) in [6, 6.07) is 0. The van der Waals surface area contributed by atoms with Crippen LogP contribution in [0.3, 0.4) is 0 Å². The molecular formula is C13H18BrN3O5. The average Bonchev–Trinajstić information content (AvgIpc) is 2.67. The molecular weight excluding hydrogens is 358 g/mol. The smallest absolute Gasteiger partial charge is 0.427 e. The number of halogens is 1. The molecule has 1 heterocycles. The summed E-state index contributed by atoms with van der Waals surface area (Å²) >= 11 is 3.11. The van der Waals surface area contributed by atoms with Crippen molar-refractivity contribution in [2.24, 2.45) is 0 Å². The maximum atomic E-state index is 12.0. The first-order valence-electron chi connectivity index (χ1n) is 6.56. The predicted molar refractivity (Wildman–Crippen MR) is 81.1 cm³/mol. The van der Waals surface area contributed by atoms with Crippen LogP contribution in [-0.4, -0.2) is 39.7 Å². The Kier molecular flexibility index (Phi) is 6.10. The Morgan fingerprint density at radius 2 is 2.00 bits per heavy atom. The van der Waals surface area contributed by atoms with Gasteiger partial charge in [0.2, 0.25) is 5.78 Å². The zero-order valence-corrected chi connectivity index (χ0v) is 14.4. The minimum atomic E-state index is -0.748. The van der Waals surface area contributed by atoms with Crippen molar-refractivity contribution in [3.8, 4) is 0 Å². The molecule has 9 heteroatoms. The lowest BCUT2D eigenvalue weighted by molar-refractivity contribution is -0.141. The van der Waals surface area contributed by atoms with Crippen LogP contribution in [0, 0.1) is 0 Å². The van der Waals surface area contributed by atoms with Crippen LogP contribution >= 0.6 is 15.9 Å². The molecule has 0 saturated heterocycles. The second-order valence-corrected chi connectivity index (χ2v) is 6.09. The van der Waals surface area contributed by atoms with E-state index >= 15 is 0 Å². The number of carbonyl (C=O) groups excluding carboxylic acids is 3. The Morgan fingerprint density at radius 1 is 1.36 bits per heavy atom. The molecule has 0 aliphatic heterocycles. The van der Waals surface area contributed by atoms with Crippen molar-refractivity contribution in [1.29, 1.82) is 0 Å². The largest absolute Gasteiger partial charge is 0.466 e. The number of nitrogens with zero attached hydrogens (tertiary/aromatic N) is 2. The Balaban J connectivity index is 2.83. The number of esters is 1. The molecule has 1 aromatic rings. The third-order valence-corrected chi connectivity index (χ3v) is 2.53. The highest BCUT2D eigenvalue weighted by molar-refractivity contribution is 9.10. The fraction of sp³-hybridized carbons (Fsp3) is 0.538. The molecule has 0 aliphatic carbocycles. The monoisotopic (exact) mass is 375 g/mol. The summed E-state index contributed by atoms with van der Waals surface area (Å²) in [5, 5.41) is 0. The Hall–Kier alpha value is -1.90. The summed E-state index contributed by atoms with van der Waals surface area (Å²) in [5.74, 6) is -1.35. The van der Waals surface area contributed by atoms with Crippen LogP contribution < -0.4 is 5.43 Å². The number of rotatable bonds is 5. The van der Waals surface area contributed by atoms with Gasteiger partial charge in [-0.3, -0.25) is 9.59 Å². The number of aromatic nitrogens is 2. The number of hydrogen-bond donors (Lipinski definition) is 1.